The van der Waals surface area contributed by atoms with Gasteiger partial charge in [0.05, 0.1) is 12.6 Å². The quantitative estimate of drug-likeness (QED) is 0.739. The average molecular weight is 313 g/mol. The van der Waals surface area contributed by atoms with Gasteiger partial charge in [-0.3, -0.25) is 0 Å². The van der Waals surface area contributed by atoms with Gasteiger partial charge in [0, 0.05) is 5.69 Å². The van der Waals surface area contributed by atoms with E-state index in [-0.39, 0.29) is 12.2 Å². The number of ether oxygens (including phenoxy) is 2. The minimum absolute atomic E-state index is 0.142. The summed E-state index contributed by atoms with van der Waals surface area (Å²) in [7, 11) is 0. The SMILES string of the molecule is CC[C@@H](CNc1ccc(OC(C)C)cc1)Oc1cccc(C)c1. The lowest BCUT2D eigenvalue weighted by Gasteiger charge is -2.19. The van der Waals surface area contributed by atoms with E-state index < -0.39 is 0 Å². The average Bonchev–Trinajstić information content (AvgIpc) is 2.52. The second-order valence-corrected chi connectivity index (χ2v) is 6.04. The van der Waals surface area contributed by atoms with Gasteiger partial charge in [-0.15, -0.1) is 0 Å². The van der Waals surface area contributed by atoms with Crippen LogP contribution in [0.2, 0.25) is 0 Å². The molecule has 2 aromatic rings. The van der Waals surface area contributed by atoms with Crippen LogP contribution in [0.4, 0.5) is 5.69 Å². The Kier molecular flexibility index (Phi) is 6.33. The van der Waals surface area contributed by atoms with E-state index in [0.29, 0.717) is 0 Å². The number of anilines is 1. The second-order valence-electron chi connectivity index (χ2n) is 6.04. The van der Waals surface area contributed by atoms with Crippen molar-refractivity contribution in [3.8, 4) is 11.5 Å². The van der Waals surface area contributed by atoms with E-state index in [1.54, 1.807) is 0 Å². The van der Waals surface area contributed by atoms with Crippen molar-refractivity contribution in [2.75, 3.05) is 11.9 Å². The van der Waals surface area contributed by atoms with E-state index in [1.165, 1.54) is 5.56 Å². The number of hydrogen-bond acceptors (Lipinski definition) is 3. The van der Waals surface area contributed by atoms with Crippen LogP contribution in [-0.2, 0) is 0 Å². The van der Waals surface area contributed by atoms with Crippen LogP contribution in [0.5, 0.6) is 11.5 Å². The standard InChI is InChI=1S/C20H27NO2/c1-5-18(23-20-8-6-7-16(4)13-20)14-21-17-9-11-19(12-10-17)22-15(2)3/h6-13,15,18,21H,5,14H2,1-4H3/t18-/m0/s1. The number of rotatable bonds is 8. The highest BCUT2D eigenvalue weighted by atomic mass is 16.5. The number of nitrogens with one attached hydrogen (secondary N) is 1. The fourth-order valence-corrected chi connectivity index (χ4v) is 2.31. The summed E-state index contributed by atoms with van der Waals surface area (Å²) in [6.07, 6.45) is 1.29. The Hall–Kier alpha value is -2.16. The van der Waals surface area contributed by atoms with Gasteiger partial charge < -0.3 is 14.8 Å². The van der Waals surface area contributed by atoms with Crippen molar-refractivity contribution in [2.45, 2.75) is 46.3 Å². The fraction of sp³-hybridized carbons (Fsp3) is 0.400. The van der Waals surface area contributed by atoms with Crippen LogP contribution in [0.25, 0.3) is 0 Å². The second kappa shape index (κ2) is 8.47. The summed E-state index contributed by atoms with van der Waals surface area (Å²) < 4.78 is 11.7. The summed E-state index contributed by atoms with van der Waals surface area (Å²) in [5, 5.41) is 3.43. The molecule has 0 amide bonds. The Morgan fingerprint density at radius 2 is 1.70 bits per heavy atom. The normalized spacial score (nSPS) is 12.0. The molecule has 0 aliphatic carbocycles. The van der Waals surface area contributed by atoms with E-state index in [2.05, 4.69) is 31.3 Å². The molecule has 2 aromatic carbocycles. The van der Waals surface area contributed by atoms with Gasteiger partial charge in [-0.1, -0.05) is 19.1 Å². The van der Waals surface area contributed by atoms with Crippen molar-refractivity contribution in [3.63, 3.8) is 0 Å². The van der Waals surface area contributed by atoms with E-state index >= 15 is 0 Å². The predicted octanol–water partition coefficient (Wildman–Crippen LogP) is 5.05. The van der Waals surface area contributed by atoms with E-state index in [9.17, 15) is 0 Å². The van der Waals surface area contributed by atoms with Crippen molar-refractivity contribution in [1.29, 1.82) is 0 Å². The van der Waals surface area contributed by atoms with Crippen LogP contribution in [0.1, 0.15) is 32.8 Å². The Morgan fingerprint density at radius 3 is 2.30 bits per heavy atom. The molecule has 23 heavy (non-hydrogen) atoms. The molecule has 1 N–H and O–H groups in total. The van der Waals surface area contributed by atoms with Gasteiger partial charge in [-0.2, -0.15) is 0 Å². The maximum atomic E-state index is 6.06. The zero-order valence-corrected chi connectivity index (χ0v) is 14.5. The first-order valence-electron chi connectivity index (χ1n) is 8.30. The molecule has 0 aliphatic rings. The van der Waals surface area contributed by atoms with Gasteiger partial charge in [0.2, 0.25) is 0 Å². The number of hydrogen-bond donors (Lipinski definition) is 1. The van der Waals surface area contributed by atoms with Gasteiger partial charge in [-0.25, -0.2) is 0 Å². The molecular weight excluding hydrogens is 286 g/mol. The summed E-state index contributed by atoms with van der Waals surface area (Å²) in [4.78, 5) is 0. The third-order valence-electron chi connectivity index (χ3n) is 3.51. The lowest BCUT2D eigenvalue weighted by molar-refractivity contribution is 0.210. The molecule has 0 saturated heterocycles. The lowest BCUT2D eigenvalue weighted by Crippen LogP contribution is -2.25. The van der Waals surface area contributed by atoms with Crippen LogP contribution in [0, 0.1) is 6.92 Å². The van der Waals surface area contributed by atoms with Crippen LogP contribution >= 0.6 is 0 Å². The summed E-state index contributed by atoms with van der Waals surface area (Å²) in [6, 6.07) is 16.2. The highest BCUT2D eigenvalue weighted by molar-refractivity contribution is 5.46. The molecule has 0 aliphatic heterocycles. The molecular formula is C20H27NO2. The van der Waals surface area contributed by atoms with Crippen LogP contribution in [0.3, 0.4) is 0 Å². The number of benzene rings is 2. The molecule has 3 nitrogen and oxygen atoms in total. The zero-order chi connectivity index (χ0) is 16.7. The Balaban J connectivity index is 1.87. The van der Waals surface area contributed by atoms with Crippen LogP contribution < -0.4 is 14.8 Å². The molecule has 1 atom stereocenters. The van der Waals surface area contributed by atoms with Crippen molar-refractivity contribution >= 4 is 5.69 Å². The zero-order valence-electron chi connectivity index (χ0n) is 14.5. The minimum atomic E-state index is 0.142. The molecule has 0 bridgehead atoms. The lowest BCUT2D eigenvalue weighted by atomic mass is 10.2. The van der Waals surface area contributed by atoms with Gasteiger partial charge in [0.1, 0.15) is 17.6 Å². The minimum Gasteiger partial charge on any atom is -0.491 e. The summed E-state index contributed by atoms with van der Waals surface area (Å²) in [6.45, 7) is 9.05. The highest BCUT2D eigenvalue weighted by Gasteiger charge is 2.08. The monoisotopic (exact) mass is 313 g/mol. The van der Waals surface area contributed by atoms with Crippen molar-refractivity contribution < 1.29 is 9.47 Å². The van der Waals surface area contributed by atoms with Gasteiger partial charge in [-0.05, 0) is 69.2 Å². The molecule has 0 heterocycles. The van der Waals surface area contributed by atoms with E-state index in [4.69, 9.17) is 9.47 Å². The molecule has 2 rings (SSSR count). The third-order valence-corrected chi connectivity index (χ3v) is 3.51. The third kappa shape index (κ3) is 5.85. The summed E-state index contributed by atoms with van der Waals surface area (Å²) >= 11 is 0. The van der Waals surface area contributed by atoms with E-state index in [0.717, 1.165) is 30.2 Å². The first kappa shape index (κ1) is 17.2. The first-order valence-corrected chi connectivity index (χ1v) is 8.30. The molecule has 124 valence electrons. The molecule has 0 radical (unpaired) electrons. The molecule has 0 aromatic heterocycles. The van der Waals surface area contributed by atoms with Crippen LogP contribution in [0.15, 0.2) is 48.5 Å². The molecule has 0 fully saturated rings. The topological polar surface area (TPSA) is 30.5 Å². The molecule has 0 spiro atoms. The van der Waals surface area contributed by atoms with Gasteiger partial charge in [0.25, 0.3) is 0 Å². The summed E-state index contributed by atoms with van der Waals surface area (Å²) in [5.41, 5.74) is 2.29. The number of aryl methyl sites for hydroxylation is 1. The van der Waals surface area contributed by atoms with Crippen LogP contribution in [-0.4, -0.2) is 18.8 Å². The fourth-order valence-electron chi connectivity index (χ4n) is 2.31. The highest BCUT2D eigenvalue weighted by Crippen LogP contribution is 2.18. The van der Waals surface area contributed by atoms with Crippen molar-refractivity contribution in [2.24, 2.45) is 0 Å². The molecule has 0 unspecified atom stereocenters. The van der Waals surface area contributed by atoms with Gasteiger partial charge >= 0.3 is 0 Å². The van der Waals surface area contributed by atoms with E-state index in [1.807, 2.05) is 50.2 Å². The van der Waals surface area contributed by atoms with Crippen molar-refractivity contribution in [3.05, 3.63) is 54.1 Å². The smallest absolute Gasteiger partial charge is 0.120 e. The maximum Gasteiger partial charge on any atom is 0.120 e. The Bertz CT molecular complexity index is 593. The maximum absolute atomic E-state index is 6.06. The van der Waals surface area contributed by atoms with Crippen molar-refractivity contribution in [1.82, 2.24) is 0 Å². The largest absolute Gasteiger partial charge is 0.491 e. The molecule has 0 saturated carbocycles. The summed E-state index contributed by atoms with van der Waals surface area (Å²) in [5.74, 6) is 1.83. The van der Waals surface area contributed by atoms with Gasteiger partial charge in [0.15, 0.2) is 0 Å². The first-order chi connectivity index (χ1) is 11.1. The Morgan fingerprint density at radius 1 is 0.957 bits per heavy atom. The predicted molar refractivity (Wildman–Crippen MR) is 96.6 cm³/mol. The molecule has 3 heteroatoms. The Labute approximate surface area is 139 Å².